The standard InChI is InChI=1S/C11H17NO4S2/c1-16-9-3-2-8(6-9)12-18(14,15)11-5-4-10(7-13)17-11/h4-5,8-9,12-13H,2-3,6-7H2,1H3. The molecule has 0 radical (unpaired) electrons. The summed E-state index contributed by atoms with van der Waals surface area (Å²) in [5, 5.41) is 8.95. The molecule has 0 amide bonds. The molecular formula is C11H17NO4S2. The Labute approximate surface area is 111 Å². The van der Waals surface area contributed by atoms with Crippen molar-refractivity contribution in [3.63, 3.8) is 0 Å². The summed E-state index contributed by atoms with van der Waals surface area (Å²) in [6.45, 7) is -0.130. The summed E-state index contributed by atoms with van der Waals surface area (Å²) in [4.78, 5) is 0.650. The Morgan fingerprint density at radius 1 is 1.50 bits per heavy atom. The fourth-order valence-corrected chi connectivity index (χ4v) is 4.64. The van der Waals surface area contributed by atoms with Crippen LogP contribution in [0.3, 0.4) is 0 Å². The van der Waals surface area contributed by atoms with Gasteiger partial charge >= 0.3 is 0 Å². The minimum atomic E-state index is -3.46. The largest absolute Gasteiger partial charge is 0.391 e. The van der Waals surface area contributed by atoms with E-state index in [9.17, 15) is 8.42 Å². The Kier molecular flexibility index (Phi) is 4.39. The number of nitrogens with one attached hydrogen (secondary N) is 1. The molecule has 18 heavy (non-hydrogen) atoms. The van der Waals surface area contributed by atoms with E-state index in [2.05, 4.69) is 4.72 Å². The molecule has 7 heteroatoms. The van der Waals surface area contributed by atoms with Crippen LogP contribution in [0.4, 0.5) is 0 Å². The van der Waals surface area contributed by atoms with E-state index < -0.39 is 10.0 Å². The van der Waals surface area contributed by atoms with Crippen LogP contribution in [0.5, 0.6) is 0 Å². The van der Waals surface area contributed by atoms with E-state index in [1.54, 1.807) is 13.2 Å². The zero-order valence-corrected chi connectivity index (χ0v) is 11.8. The van der Waals surface area contributed by atoms with Gasteiger partial charge in [0.15, 0.2) is 0 Å². The minimum absolute atomic E-state index is 0.0559. The molecule has 0 aliphatic heterocycles. The quantitative estimate of drug-likeness (QED) is 0.851. The van der Waals surface area contributed by atoms with Crippen LogP contribution >= 0.6 is 11.3 Å². The molecule has 1 aromatic rings. The van der Waals surface area contributed by atoms with Gasteiger partial charge in [0.25, 0.3) is 0 Å². The highest BCUT2D eigenvalue weighted by Crippen LogP contribution is 2.26. The van der Waals surface area contributed by atoms with Gasteiger partial charge in [-0.1, -0.05) is 0 Å². The summed E-state index contributed by atoms with van der Waals surface area (Å²) in [7, 11) is -1.82. The topological polar surface area (TPSA) is 75.6 Å². The number of hydrogen-bond acceptors (Lipinski definition) is 5. The number of sulfonamides is 1. The number of aliphatic hydroxyl groups excluding tert-OH is 1. The maximum Gasteiger partial charge on any atom is 0.250 e. The van der Waals surface area contributed by atoms with Gasteiger partial charge in [-0.15, -0.1) is 11.3 Å². The van der Waals surface area contributed by atoms with E-state index in [0.29, 0.717) is 11.3 Å². The Hall–Kier alpha value is -0.470. The van der Waals surface area contributed by atoms with Crippen molar-refractivity contribution in [2.45, 2.75) is 42.2 Å². The SMILES string of the molecule is COC1CCC(NS(=O)(=O)c2ccc(CO)s2)C1. The lowest BCUT2D eigenvalue weighted by Crippen LogP contribution is -2.32. The molecule has 1 fully saturated rings. The van der Waals surface area contributed by atoms with Gasteiger partial charge in [-0.2, -0.15) is 0 Å². The predicted molar refractivity (Wildman–Crippen MR) is 69.0 cm³/mol. The van der Waals surface area contributed by atoms with Gasteiger partial charge in [-0.3, -0.25) is 0 Å². The fraction of sp³-hybridized carbons (Fsp3) is 0.636. The average Bonchev–Trinajstić information content (AvgIpc) is 2.96. The van der Waals surface area contributed by atoms with E-state index >= 15 is 0 Å². The summed E-state index contributed by atoms with van der Waals surface area (Å²) in [6.07, 6.45) is 2.55. The zero-order valence-electron chi connectivity index (χ0n) is 10.1. The van der Waals surface area contributed by atoms with Crippen molar-refractivity contribution < 1.29 is 18.3 Å². The maximum atomic E-state index is 12.1. The van der Waals surface area contributed by atoms with Crippen LogP contribution in [-0.4, -0.2) is 32.8 Å². The van der Waals surface area contributed by atoms with Gasteiger partial charge in [0.05, 0.1) is 12.7 Å². The Balaban J connectivity index is 2.03. The van der Waals surface area contributed by atoms with Gasteiger partial charge in [-0.25, -0.2) is 13.1 Å². The normalized spacial score (nSPS) is 24.6. The highest BCUT2D eigenvalue weighted by atomic mass is 32.2. The third-order valence-electron chi connectivity index (χ3n) is 3.10. The molecule has 1 aliphatic rings. The first-order valence-corrected chi connectivity index (χ1v) is 8.10. The lowest BCUT2D eigenvalue weighted by atomic mass is 10.3. The third kappa shape index (κ3) is 3.10. The molecule has 5 nitrogen and oxygen atoms in total. The molecule has 2 N–H and O–H groups in total. The Bertz CT molecular complexity index is 497. The van der Waals surface area contributed by atoms with Gasteiger partial charge in [0, 0.05) is 18.0 Å². The monoisotopic (exact) mass is 291 g/mol. The number of methoxy groups -OCH3 is 1. The number of hydrogen-bond donors (Lipinski definition) is 2. The summed E-state index contributed by atoms with van der Waals surface area (Å²) in [5.41, 5.74) is 0. The predicted octanol–water partition coefficient (Wildman–Crippen LogP) is 1.09. The summed E-state index contributed by atoms with van der Waals surface area (Å²) in [5.74, 6) is 0. The van der Waals surface area contributed by atoms with Gasteiger partial charge in [-0.05, 0) is 31.4 Å². The van der Waals surface area contributed by atoms with Crippen molar-refractivity contribution >= 4 is 21.4 Å². The molecule has 0 saturated heterocycles. The fourth-order valence-electron chi connectivity index (χ4n) is 2.13. The highest BCUT2D eigenvalue weighted by Gasteiger charge is 2.29. The van der Waals surface area contributed by atoms with Crippen LogP contribution in [-0.2, 0) is 21.4 Å². The summed E-state index contributed by atoms with van der Waals surface area (Å²) in [6, 6.07) is 3.10. The van der Waals surface area contributed by atoms with Crippen molar-refractivity contribution in [2.24, 2.45) is 0 Å². The lowest BCUT2D eigenvalue weighted by Gasteiger charge is -2.12. The third-order valence-corrected chi connectivity index (χ3v) is 6.18. The zero-order chi connectivity index (χ0) is 13.2. The first-order valence-electron chi connectivity index (χ1n) is 5.80. The lowest BCUT2D eigenvalue weighted by molar-refractivity contribution is 0.107. The molecule has 1 heterocycles. The molecule has 0 spiro atoms. The van der Waals surface area contributed by atoms with E-state index in [4.69, 9.17) is 9.84 Å². The number of thiophene rings is 1. The van der Waals surface area contributed by atoms with Gasteiger partial charge in [0.1, 0.15) is 4.21 Å². The van der Waals surface area contributed by atoms with Crippen LogP contribution in [0.25, 0.3) is 0 Å². The molecule has 1 saturated carbocycles. The minimum Gasteiger partial charge on any atom is -0.391 e. The van der Waals surface area contributed by atoms with Gasteiger partial charge < -0.3 is 9.84 Å². The molecule has 2 unspecified atom stereocenters. The molecule has 2 rings (SSSR count). The van der Waals surface area contributed by atoms with E-state index in [0.717, 1.165) is 24.2 Å². The van der Waals surface area contributed by atoms with Crippen molar-refractivity contribution in [3.8, 4) is 0 Å². The first kappa shape index (κ1) is 14.0. The van der Waals surface area contributed by atoms with Gasteiger partial charge in [0.2, 0.25) is 10.0 Å². The highest BCUT2D eigenvalue weighted by molar-refractivity contribution is 7.91. The van der Waals surface area contributed by atoms with E-state index in [1.165, 1.54) is 6.07 Å². The van der Waals surface area contributed by atoms with Crippen molar-refractivity contribution in [1.82, 2.24) is 4.72 Å². The van der Waals surface area contributed by atoms with Crippen molar-refractivity contribution in [1.29, 1.82) is 0 Å². The van der Waals surface area contributed by atoms with Crippen LogP contribution in [0, 0.1) is 0 Å². The van der Waals surface area contributed by atoms with Crippen LogP contribution < -0.4 is 4.72 Å². The number of aliphatic hydroxyl groups is 1. The van der Waals surface area contributed by atoms with Crippen molar-refractivity contribution in [2.75, 3.05) is 7.11 Å². The Morgan fingerprint density at radius 2 is 2.28 bits per heavy atom. The first-order chi connectivity index (χ1) is 8.55. The smallest absolute Gasteiger partial charge is 0.250 e. The molecule has 2 atom stereocenters. The summed E-state index contributed by atoms with van der Waals surface area (Å²) >= 11 is 1.10. The van der Waals surface area contributed by atoms with Crippen molar-refractivity contribution in [3.05, 3.63) is 17.0 Å². The molecule has 0 aromatic carbocycles. The van der Waals surface area contributed by atoms with Crippen LogP contribution in [0.15, 0.2) is 16.3 Å². The Morgan fingerprint density at radius 3 is 2.83 bits per heavy atom. The molecular weight excluding hydrogens is 274 g/mol. The second-order valence-corrected chi connectivity index (χ2v) is 7.48. The van der Waals surface area contributed by atoms with Crippen LogP contribution in [0.2, 0.25) is 0 Å². The second kappa shape index (κ2) is 5.66. The molecule has 102 valence electrons. The molecule has 1 aliphatic carbocycles. The summed E-state index contributed by atoms with van der Waals surface area (Å²) < 4.78 is 32.3. The van der Waals surface area contributed by atoms with Crippen LogP contribution in [0.1, 0.15) is 24.1 Å². The number of rotatable bonds is 5. The maximum absolute atomic E-state index is 12.1. The number of ether oxygens (including phenoxy) is 1. The molecule has 1 aromatic heterocycles. The molecule has 0 bridgehead atoms. The van der Waals surface area contributed by atoms with E-state index in [-0.39, 0.29) is 23.0 Å². The average molecular weight is 291 g/mol. The second-order valence-electron chi connectivity index (χ2n) is 4.37. The van der Waals surface area contributed by atoms with E-state index in [1.807, 2.05) is 0 Å².